The van der Waals surface area contributed by atoms with Crippen molar-refractivity contribution in [3.8, 4) is 11.4 Å². The second kappa shape index (κ2) is 5.89. The van der Waals surface area contributed by atoms with Gasteiger partial charge in [0.25, 0.3) is 5.56 Å². The van der Waals surface area contributed by atoms with Crippen LogP contribution in [-0.4, -0.2) is 14.6 Å². The number of benzene rings is 3. The van der Waals surface area contributed by atoms with Crippen LogP contribution in [0.15, 0.2) is 77.6 Å². The minimum absolute atomic E-state index is 0.132. The molecule has 0 saturated carbocycles. The lowest BCUT2D eigenvalue weighted by molar-refractivity contribution is 0.937. The minimum Gasteiger partial charge on any atom is -0.266 e. The van der Waals surface area contributed by atoms with Gasteiger partial charge in [0.2, 0.25) is 4.96 Å². The summed E-state index contributed by atoms with van der Waals surface area (Å²) < 4.78 is 2.03. The standard InChI is InChI=1S/C21H13N3OS/c25-20-18(13-16-11-6-10-14-7-4-5-12-17(14)16)26-21-22-19(23-24(20)21)15-8-2-1-3-9-15/h1-13H. The number of fused-ring (bicyclic) bond motifs is 2. The van der Waals surface area contributed by atoms with Crippen molar-refractivity contribution in [1.29, 1.82) is 0 Å². The lowest BCUT2D eigenvalue weighted by Gasteiger charge is -2.00. The molecule has 0 aliphatic rings. The van der Waals surface area contributed by atoms with E-state index in [0.29, 0.717) is 15.3 Å². The highest BCUT2D eigenvalue weighted by atomic mass is 32.1. The maximum absolute atomic E-state index is 12.8. The third-order valence-electron chi connectivity index (χ3n) is 4.32. The van der Waals surface area contributed by atoms with Gasteiger partial charge in [-0.15, -0.1) is 5.10 Å². The second-order valence-corrected chi connectivity index (χ2v) is 6.99. The van der Waals surface area contributed by atoms with Gasteiger partial charge in [-0.3, -0.25) is 4.79 Å². The molecular weight excluding hydrogens is 342 g/mol. The molecule has 0 unspecified atom stereocenters. The Morgan fingerprint density at radius 2 is 1.65 bits per heavy atom. The Labute approximate surface area is 152 Å². The third kappa shape index (κ3) is 2.41. The normalized spacial score (nSPS) is 12.2. The van der Waals surface area contributed by atoms with Crippen molar-refractivity contribution in [3.63, 3.8) is 0 Å². The van der Waals surface area contributed by atoms with Crippen molar-refractivity contribution < 1.29 is 0 Å². The molecule has 0 fully saturated rings. The van der Waals surface area contributed by atoms with Gasteiger partial charge in [0.15, 0.2) is 5.82 Å². The molecule has 5 aromatic rings. The molecule has 5 rings (SSSR count). The van der Waals surface area contributed by atoms with Gasteiger partial charge in [0.1, 0.15) is 0 Å². The monoisotopic (exact) mass is 355 g/mol. The van der Waals surface area contributed by atoms with E-state index in [1.165, 1.54) is 15.9 Å². The number of hydrogen-bond donors (Lipinski definition) is 0. The predicted molar refractivity (Wildman–Crippen MR) is 105 cm³/mol. The molecule has 0 aliphatic heterocycles. The second-order valence-electron chi connectivity index (χ2n) is 5.98. The fraction of sp³-hybridized carbons (Fsp3) is 0. The van der Waals surface area contributed by atoms with Crippen LogP contribution in [0.1, 0.15) is 5.56 Å². The van der Waals surface area contributed by atoms with Crippen LogP contribution in [0.2, 0.25) is 0 Å². The van der Waals surface area contributed by atoms with Crippen molar-refractivity contribution in [2.75, 3.05) is 0 Å². The van der Waals surface area contributed by atoms with Crippen molar-refractivity contribution in [2.24, 2.45) is 0 Å². The van der Waals surface area contributed by atoms with Crippen LogP contribution >= 0.6 is 11.3 Å². The molecule has 5 heteroatoms. The van der Waals surface area contributed by atoms with Gasteiger partial charge in [-0.05, 0) is 22.4 Å². The molecule has 124 valence electrons. The SMILES string of the molecule is O=c1c(=Cc2cccc3ccccc23)sc2nc(-c3ccccc3)nn12. The van der Waals surface area contributed by atoms with Gasteiger partial charge in [-0.25, -0.2) is 0 Å². The number of nitrogens with zero attached hydrogens (tertiary/aromatic N) is 3. The average molecular weight is 355 g/mol. The summed E-state index contributed by atoms with van der Waals surface area (Å²) in [4.78, 5) is 17.9. The van der Waals surface area contributed by atoms with E-state index >= 15 is 0 Å². The van der Waals surface area contributed by atoms with Crippen LogP contribution in [0.3, 0.4) is 0 Å². The number of thiazole rings is 1. The Bertz CT molecular complexity index is 1350. The molecule has 0 saturated heterocycles. The number of aromatic nitrogens is 3. The molecular formula is C21H13N3OS. The first-order chi connectivity index (χ1) is 12.8. The van der Waals surface area contributed by atoms with E-state index in [-0.39, 0.29) is 5.56 Å². The van der Waals surface area contributed by atoms with Crippen LogP contribution < -0.4 is 10.1 Å². The molecule has 0 spiro atoms. The highest BCUT2D eigenvalue weighted by Gasteiger charge is 2.11. The quantitative estimate of drug-likeness (QED) is 0.487. The van der Waals surface area contributed by atoms with Crippen molar-refractivity contribution in [2.45, 2.75) is 0 Å². The summed E-state index contributed by atoms with van der Waals surface area (Å²) in [5, 5.41) is 6.67. The van der Waals surface area contributed by atoms with Gasteiger partial charge >= 0.3 is 0 Å². The molecule has 0 bridgehead atoms. The number of hydrogen-bond acceptors (Lipinski definition) is 4. The molecule has 2 aromatic heterocycles. The summed E-state index contributed by atoms with van der Waals surface area (Å²) in [6, 6.07) is 23.9. The van der Waals surface area contributed by atoms with Gasteiger partial charge in [-0.2, -0.15) is 9.50 Å². The molecule has 0 amide bonds. The summed E-state index contributed by atoms with van der Waals surface area (Å²) in [7, 11) is 0. The maximum Gasteiger partial charge on any atom is 0.291 e. The topological polar surface area (TPSA) is 47.3 Å². The summed E-state index contributed by atoms with van der Waals surface area (Å²) in [5.74, 6) is 0.575. The molecule has 0 radical (unpaired) electrons. The van der Waals surface area contributed by atoms with Crippen molar-refractivity contribution >= 4 is 33.1 Å². The fourth-order valence-corrected chi connectivity index (χ4v) is 3.96. The zero-order chi connectivity index (χ0) is 17.5. The average Bonchev–Trinajstić information content (AvgIpc) is 3.23. The lowest BCUT2D eigenvalue weighted by Crippen LogP contribution is -2.23. The van der Waals surface area contributed by atoms with Crippen LogP contribution in [0.25, 0.3) is 33.2 Å². The van der Waals surface area contributed by atoms with Crippen LogP contribution in [0.5, 0.6) is 0 Å². The zero-order valence-electron chi connectivity index (χ0n) is 13.7. The molecule has 0 aliphatic carbocycles. The van der Waals surface area contributed by atoms with Gasteiger partial charge in [0, 0.05) is 5.56 Å². The summed E-state index contributed by atoms with van der Waals surface area (Å²) >= 11 is 1.36. The van der Waals surface area contributed by atoms with E-state index in [4.69, 9.17) is 0 Å². The van der Waals surface area contributed by atoms with Crippen LogP contribution in [0.4, 0.5) is 0 Å². The van der Waals surface area contributed by atoms with Gasteiger partial charge < -0.3 is 0 Å². The van der Waals surface area contributed by atoms with Crippen molar-refractivity contribution in [3.05, 3.63) is 93.2 Å². The highest BCUT2D eigenvalue weighted by Crippen LogP contribution is 2.19. The number of rotatable bonds is 2. The Kier molecular flexibility index (Phi) is 3.40. The first kappa shape index (κ1) is 15.0. The molecule has 0 N–H and O–H groups in total. The van der Waals surface area contributed by atoms with Crippen LogP contribution in [-0.2, 0) is 0 Å². The van der Waals surface area contributed by atoms with E-state index in [1.807, 2.05) is 60.7 Å². The smallest absolute Gasteiger partial charge is 0.266 e. The molecule has 3 aromatic carbocycles. The summed E-state index contributed by atoms with van der Waals surface area (Å²) in [6.07, 6.45) is 1.92. The molecule has 26 heavy (non-hydrogen) atoms. The predicted octanol–water partition coefficient (Wildman–Crippen LogP) is 3.52. The summed E-state index contributed by atoms with van der Waals surface area (Å²) in [5.41, 5.74) is 1.79. The first-order valence-corrected chi connectivity index (χ1v) is 9.06. The van der Waals surface area contributed by atoms with Crippen LogP contribution in [0, 0.1) is 0 Å². The van der Waals surface area contributed by atoms with E-state index in [2.05, 4.69) is 28.3 Å². The van der Waals surface area contributed by atoms with E-state index in [0.717, 1.165) is 21.9 Å². The van der Waals surface area contributed by atoms with Crippen molar-refractivity contribution in [1.82, 2.24) is 14.6 Å². The van der Waals surface area contributed by atoms with Gasteiger partial charge in [0.05, 0.1) is 4.53 Å². The van der Waals surface area contributed by atoms with E-state index < -0.39 is 0 Å². The van der Waals surface area contributed by atoms with Gasteiger partial charge in [-0.1, -0.05) is 84.1 Å². The zero-order valence-corrected chi connectivity index (χ0v) is 14.5. The lowest BCUT2D eigenvalue weighted by atomic mass is 10.0. The third-order valence-corrected chi connectivity index (χ3v) is 5.28. The Hall–Kier alpha value is -3.31. The maximum atomic E-state index is 12.8. The highest BCUT2D eigenvalue weighted by molar-refractivity contribution is 7.15. The minimum atomic E-state index is -0.132. The Balaban J connectivity index is 1.68. The Morgan fingerprint density at radius 3 is 2.50 bits per heavy atom. The van der Waals surface area contributed by atoms with E-state index in [1.54, 1.807) is 0 Å². The molecule has 0 atom stereocenters. The Morgan fingerprint density at radius 1 is 0.885 bits per heavy atom. The molecule has 4 nitrogen and oxygen atoms in total. The van der Waals surface area contributed by atoms with E-state index in [9.17, 15) is 4.79 Å². The first-order valence-electron chi connectivity index (χ1n) is 8.24. The molecule has 2 heterocycles. The fourth-order valence-electron chi connectivity index (χ4n) is 3.06. The largest absolute Gasteiger partial charge is 0.291 e. The summed E-state index contributed by atoms with van der Waals surface area (Å²) in [6.45, 7) is 0.